The van der Waals surface area contributed by atoms with Crippen LogP contribution in [0.1, 0.15) is 34.1 Å². The lowest BCUT2D eigenvalue weighted by Crippen LogP contribution is -2.32. The number of nitrogens with one attached hydrogen (secondary N) is 2. The SMILES string of the molecule is CCOc1cc(CNCCNC(=O)c2nonc2N)cc(Cl)c1OCc1cccc(C)c1. The Balaban J connectivity index is 1.54. The molecule has 0 unspecified atom stereocenters. The number of halogens is 1. The van der Waals surface area contributed by atoms with E-state index in [-0.39, 0.29) is 11.5 Å². The Morgan fingerprint density at radius 3 is 2.72 bits per heavy atom. The first-order chi connectivity index (χ1) is 15.5. The molecule has 1 amide bonds. The number of carbonyl (C=O) groups excluding carboxylic acids is 1. The molecule has 10 heteroatoms. The van der Waals surface area contributed by atoms with E-state index in [0.717, 1.165) is 11.1 Å². The second-order valence-corrected chi connectivity index (χ2v) is 7.45. The summed E-state index contributed by atoms with van der Waals surface area (Å²) in [7, 11) is 0. The van der Waals surface area contributed by atoms with Crippen LogP contribution in [0.5, 0.6) is 11.5 Å². The van der Waals surface area contributed by atoms with Crippen molar-refractivity contribution in [2.75, 3.05) is 25.4 Å². The first-order valence-corrected chi connectivity index (χ1v) is 10.6. The standard InChI is InChI=1S/C22H26ClN5O4/c1-3-30-18-11-16(12-25-7-8-26-22(29)19-21(24)28-32-27-19)10-17(23)20(18)31-13-15-6-4-5-14(2)9-15/h4-6,9-11,25H,3,7-8,12-13H2,1-2H3,(H2,24,28)(H,26,29). The van der Waals surface area contributed by atoms with Crippen LogP contribution in [0.15, 0.2) is 41.0 Å². The molecule has 9 nitrogen and oxygen atoms in total. The van der Waals surface area contributed by atoms with Crippen molar-refractivity contribution in [3.8, 4) is 11.5 Å². The van der Waals surface area contributed by atoms with Gasteiger partial charge in [0.2, 0.25) is 11.5 Å². The average Bonchev–Trinajstić information content (AvgIpc) is 3.19. The van der Waals surface area contributed by atoms with E-state index in [1.165, 1.54) is 5.56 Å². The van der Waals surface area contributed by atoms with Gasteiger partial charge in [-0.3, -0.25) is 4.79 Å². The lowest BCUT2D eigenvalue weighted by Gasteiger charge is -2.16. The molecule has 0 spiro atoms. The third kappa shape index (κ3) is 6.35. The third-order valence-corrected chi connectivity index (χ3v) is 4.76. The van der Waals surface area contributed by atoms with E-state index in [2.05, 4.69) is 31.6 Å². The second-order valence-electron chi connectivity index (χ2n) is 7.05. The van der Waals surface area contributed by atoms with Crippen molar-refractivity contribution in [2.24, 2.45) is 0 Å². The Labute approximate surface area is 191 Å². The first-order valence-electron chi connectivity index (χ1n) is 10.2. The molecule has 1 heterocycles. The van der Waals surface area contributed by atoms with Crippen molar-refractivity contribution in [2.45, 2.75) is 27.0 Å². The highest BCUT2D eigenvalue weighted by Crippen LogP contribution is 2.37. The minimum absolute atomic E-state index is 0.0283. The van der Waals surface area contributed by atoms with Gasteiger partial charge in [0, 0.05) is 19.6 Å². The number of carbonyl (C=O) groups is 1. The number of nitrogens with zero attached hydrogens (tertiary/aromatic N) is 2. The van der Waals surface area contributed by atoms with E-state index >= 15 is 0 Å². The first kappa shape index (κ1) is 23.4. The number of amides is 1. The van der Waals surface area contributed by atoms with Crippen molar-refractivity contribution in [3.63, 3.8) is 0 Å². The van der Waals surface area contributed by atoms with Crippen LogP contribution in [-0.4, -0.2) is 35.9 Å². The Hall–Kier alpha value is -3.30. The van der Waals surface area contributed by atoms with Gasteiger partial charge < -0.3 is 25.8 Å². The Morgan fingerprint density at radius 2 is 2.00 bits per heavy atom. The summed E-state index contributed by atoms with van der Waals surface area (Å²) in [5.41, 5.74) is 8.62. The molecule has 0 saturated carbocycles. The molecule has 170 valence electrons. The average molecular weight is 460 g/mol. The number of hydrogen-bond donors (Lipinski definition) is 3. The zero-order chi connectivity index (χ0) is 22.9. The number of anilines is 1. The number of hydrogen-bond acceptors (Lipinski definition) is 8. The number of benzene rings is 2. The van der Waals surface area contributed by atoms with E-state index in [4.69, 9.17) is 26.8 Å². The van der Waals surface area contributed by atoms with Crippen LogP contribution in [-0.2, 0) is 13.2 Å². The molecule has 2 aromatic carbocycles. The van der Waals surface area contributed by atoms with Crippen LogP contribution >= 0.6 is 11.6 Å². The lowest BCUT2D eigenvalue weighted by molar-refractivity contribution is 0.0944. The van der Waals surface area contributed by atoms with Crippen LogP contribution in [0.25, 0.3) is 0 Å². The topological polar surface area (TPSA) is 125 Å². The number of rotatable bonds is 11. The van der Waals surface area contributed by atoms with Crippen LogP contribution in [0.4, 0.5) is 5.82 Å². The van der Waals surface area contributed by atoms with E-state index < -0.39 is 5.91 Å². The van der Waals surface area contributed by atoms with Crippen LogP contribution < -0.4 is 25.8 Å². The van der Waals surface area contributed by atoms with Gasteiger partial charge in [-0.25, -0.2) is 4.63 Å². The van der Waals surface area contributed by atoms with Gasteiger partial charge in [-0.15, -0.1) is 0 Å². The lowest BCUT2D eigenvalue weighted by atomic mass is 10.1. The smallest absolute Gasteiger partial charge is 0.277 e. The number of nitrogens with two attached hydrogens (primary N) is 1. The summed E-state index contributed by atoms with van der Waals surface area (Å²) >= 11 is 6.50. The maximum absolute atomic E-state index is 11.9. The summed E-state index contributed by atoms with van der Waals surface area (Å²) in [6.07, 6.45) is 0. The Kier molecular flexibility index (Phi) is 8.29. The molecule has 0 fully saturated rings. The fraction of sp³-hybridized carbons (Fsp3) is 0.318. The summed E-state index contributed by atoms with van der Waals surface area (Å²) < 4.78 is 16.1. The predicted octanol–water partition coefficient (Wildman–Crippen LogP) is 3.11. The fourth-order valence-electron chi connectivity index (χ4n) is 3.02. The molecular formula is C22H26ClN5O4. The normalized spacial score (nSPS) is 10.7. The minimum Gasteiger partial charge on any atom is -0.490 e. The highest BCUT2D eigenvalue weighted by Gasteiger charge is 2.15. The summed E-state index contributed by atoms with van der Waals surface area (Å²) in [6.45, 7) is 6.24. The number of nitrogen functional groups attached to an aromatic ring is 1. The van der Waals surface area contributed by atoms with Gasteiger partial charge in [-0.05, 0) is 47.4 Å². The minimum atomic E-state index is -0.442. The van der Waals surface area contributed by atoms with E-state index in [1.807, 2.05) is 44.2 Å². The molecule has 0 aliphatic rings. The highest BCUT2D eigenvalue weighted by molar-refractivity contribution is 6.32. The maximum atomic E-state index is 11.9. The molecule has 0 atom stereocenters. The maximum Gasteiger partial charge on any atom is 0.277 e. The Bertz CT molecular complexity index is 1060. The molecule has 0 aliphatic carbocycles. The molecule has 0 saturated heterocycles. The number of aromatic nitrogens is 2. The van der Waals surface area contributed by atoms with Gasteiger partial charge >= 0.3 is 0 Å². The summed E-state index contributed by atoms with van der Waals surface area (Å²) in [5.74, 6) is 0.622. The van der Waals surface area contributed by atoms with Crippen molar-refractivity contribution in [3.05, 3.63) is 63.8 Å². The third-order valence-electron chi connectivity index (χ3n) is 4.48. The number of ether oxygens (including phenoxy) is 2. The van der Waals surface area contributed by atoms with Gasteiger partial charge in [0.25, 0.3) is 5.91 Å². The largest absolute Gasteiger partial charge is 0.490 e. The van der Waals surface area contributed by atoms with E-state index in [9.17, 15) is 4.79 Å². The van der Waals surface area contributed by atoms with Crippen molar-refractivity contribution >= 4 is 23.3 Å². The molecule has 0 radical (unpaired) electrons. The molecule has 1 aromatic heterocycles. The van der Waals surface area contributed by atoms with Crippen molar-refractivity contribution in [1.29, 1.82) is 0 Å². The van der Waals surface area contributed by atoms with Gasteiger partial charge in [0.15, 0.2) is 11.5 Å². The second kappa shape index (κ2) is 11.4. The summed E-state index contributed by atoms with van der Waals surface area (Å²) in [4.78, 5) is 11.9. The molecule has 0 aliphatic heterocycles. The number of aryl methyl sites for hydroxylation is 1. The van der Waals surface area contributed by atoms with Crippen molar-refractivity contribution in [1.82, 2.24) is 20.9 Å². The fourth-order valence-corrected chi connectivity index (χ4v) is 3.31. The molecular weight excluding hydrogens is 434 g/mol. The highest BCUT2D eigenvalue weighted by atomic mass is 35.5. The zero-order valence-electron chi connectivity index (χ0n) is 18.0. The van der Waals surface area contributed by atoms with E-state index in [0.29, 0.717) is 49.4 Å². The van der Waals surface area contributed by atoms with Crippen LogP contribution in [0.2, 0.25) is 5.02 Å². The molecule has 4 N–H and O–H groups in total. The van der Waals surface area contributed by atoms with Gasteiger partial charge in [0.05, 0.1) is 11.6 Å². The molecule has 3 rings (SSSR count). The summed E-state index contributed by atoms with van der Waals surface area (Å²) in [5, 5.41) is 13.2. The van der Waals surface area contributed by atoms with Crippen molar-refractivity contribution < 1.29 is 18.9 Å². The molecule has 3 aromatic rings. The monoisotopic (exact) mass is 459 g/mol. The summed E-state index contributed by atoms with van der Waals surface area (Å²) in [6, 6.07) is 11.8. The van der Waals surface area contributed by atoms with Crippen LogP contribution in [0.3, 0.4) is 0 Å². The Morgan fingerprint density at radius 1 is 1.16 bits per heavy atom. The predicted molar refractivity (Wildman–Crippen MR) is 121 cm³/mol. The van der Waals surface area contributed by atoms with Gasteiger partial charge in [-0.1, -0.05) is 41.4 Å². The molecule has 0 bridgehead atoms. The van der Waals surface area contributed by atoms with Gasteiger partial charge in [-0.2, -0.15) is 0 Å². The van der Waals surface area contributed by atoms with Gasteiger partial charge in [0.1, 0.15) is 6.61 Å². The molecule has 32 heavy (non-hydrogen) atoms. The zero-order valence-corrected chi connectivity index (χ0v) is 18.7. The quantitative estimate of drug-likeness (QED) is 0.373. The van der Waals surface area contributed by atoms with Crippen LogP contribution in [0, 0.1) is 6.92 Å². The van der Waals surface area contributed by atoms with E-state index in [1.54, 1.807) is 0 Å².